The molecule has 0 bridgehead atoms. The largest absolute Gasteiger partial charge is 0.462 e. The molecule has 7 nitrogen and oxygen atoms in total. The van der Waals surface area contributed by atoms with E-state index in [-0.39, 0.29) is 19.7 Å². The van der Waals surface area contributed by atoms with Crippen LogP contribution in [-0.2, 0) is 28.2 Å². The Morgan fingerprint density at radius 3 is 2.44 bits per heavy atom. The Bertz CT molecular complexity index is 349. The first-order valence-corrected chi connectivity index (χ1v) is 6.41. The average Bonchev–Trinajstić information content (AvgIpc) is 2.21. The summed E-state index contributed by atoms with van der Waals surface area (Å²) in [5, 5.41) is 0. The van der Waals surface area contributed by atoms with Gasteiger partial charge >= 0.3 is 26.3 Å². The minimum absolute atomic E-state index is 0.0335. The van der Waals surface area contributed by atoms with Crippen molar-refractivity contribution in [3.63, 3.8) is 0 Å². The lowest BCUT2D eigenvalue weighted by Crippen LogP contribution is -2.34. The van der Waals surface area contributed by atoms with Crippen LogP contribution in [0.4, 0.5) is 0 Å². The van der Waals surface area contributed by atoms with Gasteiger partial charge in [-0.25, -0.2) is 0 Å². The fraction of sp³-hybridized carbons (Fsp3) is 0.500. The molecule has 8 heteroatoms. The Labute approximate surface area is 106 Å². The summed E-state index contributed by atoms with van der Waals surface area (Å²) < 4.78 is 14.6. The highest BCUT2D eigenvalue weighted by atomic mass is 31.2. The molecule has 100 valence electrons. The number of esters is 1. The molecule has 1 rings (SSSR count). The minimum atomic E-state index is -1.74. The quantitative estimate of drug-likeness (QED) is 0.545. The van der Waals surface area contributed by atoms with Gasteiger partial charge in [-0.3, -0.25) is 19.3 Å². The Morgan fingerprint density at radius 2 is 1.94 bits per heavy atom. The molecule has 1 fully saturated rings. The van der Waals surface area contributed by atoms with Gasteiger partial charge in [-0.05, 0) is 13.1 Å². The number of hydrogen-bond acceptors (Lipinski definition) is 7. The smallest absolute Gasteiger partial charge is 0.325 e. The van der Waals surface area contributed by atoms with Crippen LogP contribution in [0.5, 0.6) is 0 Å². The van der Waals surface area contributed by atoms with Gasteiger partial charge in [0.05, 0.1) is 13.1 Å². The summed E-state index contributed by atoms with van der Waals surface area (Å²) in [6.45, 7) is 1.39. The van der Waals surface area contributed by atoms with E-state index in [4.69, 9.17) is 9.05 Å². The highest BCUT2D eigenvalue weighted by Gasteiger charge is 2.24. The molecule has 0 aliphatic carbocycles. The van der Waals surface area contributed by atoms with E-state index in [1.165, 1.54) is 23.7 Å². The molecular weight excluding hydrogens is 261 g/mol. The zero-order chi connectivity index (χ0) is 13.5. The van der Waals surface area contributed by atoms with Crippen LogP contribution < -0.4 is 0 Å². The predicted molar refractivity (Wildman–Crippen MR) is 62.4 cm³/mol. The highest BCUT2D eigenvalue weighted by molar-refractivity contribution is 7.51. The second-order valence-corrected chi connectivity index (χ2v) is 4.81. The van der Waals surface area contributed by atoms with Crippen molar-refractivity contribution < 1.29 is 28.2 Å². The predicted octanol–water partition coefficient (Wildman–Crippen LogP) is 0.407. The van der Waals surface area contributed by atoms with Crippen molar-refractivity contribution in [1.82, 2.24) is 4.90 Å². The maximum Gasteiger partial charge on any atom is 0.325 e. The van der Waals surface area contributed by atoms with Crippen molar-refractivity contribution in [2.75, 3.05) is 26.7 Å². The average molecular weight is 275 g/mol. The summed E-state index contributed by atoms with van der Waals surface area (Å²) in [5.74, 6) is 0.0709. The normalized spacial score (nSPS) is 19.0. The summed E-state index contributed by atoms with van der Waals surface area (Å²) in [6, 6.07) is 0. The van der Waals surface area contributed by atoms with E-state index >= 15 is 0 Å². The molecule has 18 heavy (non-hydrogen) atoms. The molecule has 0 atom stereocenters. The SMILES string of the molecule is CC(=O)OC/C=C/P1OC(=O)CN(C)CC(=O)O1. The molecule has 0 saturated carbocycles. The standard InChI is InChI=1S/C10H14NO6P/c1-8(12)15-4-3-5-18-16-9(13)6-11(2)7-10(14)17-18/h3,5H,4,6-7H2,1-2H3/b5-3+. The van der Waals surface area contributed by atoms with Crippen LogP contribution in [-0.4, -0.2) is 49.6 Å². The zero-order valence-electron chi connectivity index (χ0n) is 10.1. The van der Waals surface area contributed by atoms with E-state index < -0.39 is 26.3 Å². The molecule has 1 aliphatic heterocycles. The molecule has 1 saturated heterocycles. The van der Waals surface area contributed by atoms with E-state index in [0.717, 1.165) is 0 Å². The van der Waals surface area contributed by atoms with E-state index in [1.807, 2.05) is 0 Å². The monoisotopic (exact) mass is 275 g/mol. The Hall–Kier alpha value is -1.46. The van der Waals surface area contributed by atoms with Crippen molar-refractivity contribution >= 4 is 26.3 Å². The fourth-order valence-electron chi connectivity index (χ4n) is 1.13. The van der Waals surface area contributed by atoms with Crippen LogP contribution in [0.2, 0.25) is 0 Å². The molecule has 0 unspecified atom stereocenters. The number of nitrogens with zero attached hydrogens (tertiary/aromatic N) is 1. The topological polar surface area (TPSA) is 82.1 Å². The molecule has 0 spiro atoms. The number of carbonyl (C=O) groups is 3. The van der Waals surface area contributed by atoms with Crippen molar-refractivity contribution in [3.05, 3.63) is 11.9 Å². The second-order valence-electron chi connectivity index (χ2n) is 3.57. The molecule has 0 radical (unpaired) electrons. The number of rotatable bonds is 3. The number of carbonyl (C=O) groups excluding carboxylic acids is 3. The number of likely N-dealkylation sites (N-methyl/N-ethyl adjacent to an activating group) is 1. The summed E-state index contributed by atoms with van der Waals surface area (Å²) in [7, 11) is -0.124. The van der Waals surface area contributed by atoms with Crippen LogP contribution >= 0.6 is 8.38 Å². The van der Waals surface area contributed by atoms with Crippen LogP contribution in [0.1, 0.15) is 6.92 Å². The number of hydrogen-bond donors (Lipinski definition) is 0. The van der Waals surface area contributed by atoms with Crippen molar-refractivity contribution in [2.24, 2.45) is 0 Å². The van der Waals surface area contributed by atoms with Gasteiger partial charge in [0, 0.05) is 12.7 Å². The number of ether oxygens (including phenoxy) is 1. The van der Waals surface area contributed by atoms with Gasteiger partial charge in [0.15, 0.2) is 0 Å². The van der Waals surface area contributed by atoms with Gasteiger partial charge in [0.2, 0.25) is 0 Å². The van der Waals surface area contributed by atoms with Gasteiger partial charge in [-0.2, -0.15) is 0 Å². The second kappa shape index (κ2) is 7.08. The van der Waals surface area contributed by atoms with Crippen LogP contribution in [0.15, 0.2) is 11.9 Å². The molecule has 1 aliphatic rings. The Kier molecular flexibility index (Phi) is 5.74. The lowest BCUT2D eigenvalue weighted by Gasteiger charge is -2.21. The van der Waals surface area contributed by atoms with Gasteiger partial charge < -0.3 is 13.8 Å². The molecule has 0 aromatic heterocycles. The summed E-state index contributed by atoms with van der Waals surface area (Å²) in [5.41, 5.74) is 0. The van der Waals surface area contributed by atoms with E-state index in [1.54, 1.807) is 7.05 Å². The summed E-state index contributed by atoms with van der Waals surface area (Å²) >= 11 is 0. The molecule has 0 aromatic carbocycles. The van der Waals surface area contributed by atoms with Gasteiger partial charge in [-0.1, -0.05) is 0 Å². The zero-order valence-corrected chi connectivity index (χ0v) is 11.0. The first-order chi connectivity index (χ1) is 8.47. The van der Waals surface area contributed by atoms with Crippen LogP contribution in [0, 0.1) is 0 Å². The van der Waals surface area contributed by atoms with Crippen LogP contribution in [0.25, 0.3) is 0 Å². The third-order valence-electron chi connectivity index (χ3n) is 1.79. The molecule has 0 amide bonds. The Balaban J connectivity index is 2.50. The van der Waals surface area contributed by atoms with Gasteiger partial charge in [0.25, 0.3) is 0 Å². The van der Waals surface area contributed by atoms with E-state index in [0.29, 0.717) is 0 Å². The first-order valence-electron chi connectivity index (χ1n) is 5.17. The minimum Gasteiger partial charge on any atom is -0.462 e. The van der Waals surface area contributed by atoms with Gasteiger partial charge in [-0.15, -0.1) is 0 Å². The lowest BCUT2D eigenvalue weighted by molar-refractivity contribution is -0.143. The Morgan fingerprint density at radius 1 is 1.39 bits per heavy atom. The maximum absolute atomic E-state index is 11.3. The summed E-state index contributed by atoms with van der Waals surface area (Å²) in [4.78, 5) is 34.7. The highest BCUT2D eigenvalue weighted by Crippen LogP contribution is 2.40. The van der Waals surface area contributed by atoms with Gasteiger partial charge in [0.1, 0.15) is 6.61 Å². The van der Waals surface area contributed by atoms with E-state index in [9.17, 15) is 14.4 Å². The fourth-order valence-corrected chi connectivity index (χ4v) is 2.06. The molecule has 1 heterocycles. The molecule has 0 aromatic rings. The first kappa shape index (κ1) is 14.6. The maximum atomic E-state index is 11.3. The third kappa shape index (κ3) is 5.75. The van der Waals surface area contributed by atoms with Crippen molar-refractivity contribution in [2.45, 2.75) is 6.92 Å². The van der Waals surface area contributed by atoms with Crippen LogP contribution in [0.3, 0.4) is 0 Å². The summed E-state index contributed by atoms with van der Waals surface area (Å²) in [6.07, 6.45) is 1.47. The third-order valence-corrected chi connectivity index (χ3v) is 3.01. The molecular formula is C10H14NO6P. The van der Waals surface area contributed by atoms with Crippen molar-refractivity contribution in [1.29, 1.82) is 0 Å². The van der Waals surface area contributed by atoms with Crippen molar-refractivity contribution in [3.8, 4) is 0 Å². The van der Waals surface area contributed by atoms with E-state index in [2.05, 4.69) is 4.74 Å². The molecule has 0 N–H and O–H groups in total. The lowest BCUT2D eigenvalue weighted by atomic mass is 10.5.